The van der Waals surface area contributed by atoms with Gasteiger partial charge in [0.2, 0.25) is 0 Å². The summed E-state index contributed by atoms with van der Waals surface area (Å²) in [6, 6.07) is 4.31. The summed E-state index contributed by atoms with van der Waals surface area (Å²) in [5, 5.41) is 4.38. The molecule has 1 aromatic rings. The van der Waals surface area contributed by atoms with Gasteiger partial charge in [-0.25, -0.2) is 4.98 Å². The average molecular weight is 258 g/mol. The predicted molar refractivity (Wildman–Crippen MR) is 64.8 cm³/mol. The van der Waals surface area contributed by atoms with Crippen molar-refractivity contribution in [1.82, 2.24) is 4.98 Å². The van der Waals surface area contributed by atoms with Gasteiger partial charge in [-0.1, -0.05) is 22.9 Å². The van der Waals surface area contributed by atoms with Crippen molar-refractivity contribution in [3.63, 3.8) is 0 Å². The number of rotatable bonds is 5. The topological polar surface area (TPSA) is 50.9 Å². The van der Waals surface area contributed by atoms with E-state index in [-0.39, 0.29) is 0 Å². The monoisotopic (exact) mass is 257 g/mol. The zero-order valence-electron chi connectivity index (χ0n) is 8.33. The van der Waals surface area contributed by atoms with Gasteiger partial charge in [0.1, 0.15) is 5.82 Å². The lowest BCUT2D eigenvalue weighted by Crippen LogP contribution is -2.19. The van der Waals surface area contributed by atoms with Crippen LogP contribution in [0.25, 0.3) is 0 Å². The normalized spacial score (nSPS) is 12.4. The fourth-order valence-corrected chi connectivity index (χ4v) is 1.82. The SMILES string of the molecule is CCC(CCBr)Nc1cccnc1N. The van der Waals surface area contributed by atoms with Crippen LogP contribution in [0.15, 0.2) is 18.3 Å². The van der Waals surface area contributed by atoms with Crippen molar-refractivity contribution >= 4 is 27.4 Å². The van der Waals surface area contributed by atoms with E-state index in [4.69, 9.17) is 5.73 Å². The molecule has 1 atom stereocenters. The summed E-state index contributed by atoms with van der Waals surface area (Å²) in [7, 11) is 0. The van der Waals surface area contributed by atoms with Gasteiger partial charge in [-0.05, 0) is 25.0 Å². The first-order chi connectivity index (χ1) is 6.77. The Morgan fingerprint density at radius 3 is 3.00 bits per heavy atom. The van der Waals surface area contributed by atoms with Gasteiger partial charge < -0.3 is 11.1 Å². The van der Waals surface area contributed by atoms with Crippen LogP contribution in [-0.2, 0) is 0 Å². The molecule has 0 aliphatic heterocycles. The molecule has 3 nitrogen and oxygen atoms in total. The van der Waals surface area contributed by atoms with E-state index in [1.54, 1.807) is 6.20 Å². The van der Waals surface area contributed by atoms with Crippen molar-refractivity contribution in [2.24, 2.45) is 0 Å². The molecule has 0 bridgehead atoms. The highest BCUT2D eigenvalue weighted by molar-refractivity contribution is 9.09. The van der Waals surface area contributed by atoms with E-state index in [1.165, 1.54) is 0 Å². The second kappa shape index (κ2) is 5.86. The molecule has 1 unspecified atom stereocenters. The summed E-state index contributed by atoms with van der Waals surface area (Å²) < 4.78 is 0. The summed E-state index contributed by atoms with van der Waals surface area (Å²) in [5.74, 6) is 0.570. The van der Waals surface area contributed by atoms with Gasteiger partial charge in [0.25, 0.3) is 0 Å². The molecule has 0 fully saturated rings. The maximum absolute atomic E-state index is 5.73. The number of nitrogens with one attached hydrogen (secondary N) is 1. The van der Waals surface area contributed by atoms with Crippen molar-refractivity contribution in [3.8, 4) is 0 Å². The van der Waals surface area contributed by atoms with Crippen LogP contribution < -0.4 is 11.1 Å². The highest BCUT2D eigenvalue weighted by atomic mass is 79.9. The molecule has 0 spiro atoms. The Labute approximate surface area is 93.2 Å². The number of aromatic nitrogens is 1. The Morgan fingerprint density at radius 2 is 2.43 bits per heavy atom. The van der Waals surface area contributed by atoms with Crippen molar-refractivity contribution in [2.75, 3.05) is 16.4 Å². The minimum atomic E-state index is 0.459. The lowest BCUT2D eigenvalue weighted by atomic mass is 10.1. The van der Waals surface area contributed by atoms with Gasteiger partial charge >= 0.3 is 0 Å². The van der Waals surface area contributed by atoms with Gasteiger partial charge in [-0.15, -0.1) is 0 Å². The number of hydrogen-bond acceptors (Lipinski definition) is 3. The maximum Gasteiger partial charge on any atom is 0.146 e. The maximum atomic E-state index is 5.73. The number of anilines is 2. The van der Waals surface area contributed by atoms with E-state index in [0.29, 0.717) is 11.9 Å². The Kier molecular flexibility index (Phi) is 4.73. The van der Waals surface area contributed by atoms with Crippen molar-refractivity contribution in [3.05, 3.63) is 18.3 Å². The smallest absolute Gasteiger partial charge is 0.146 e. The number of hydrogen-bond donors (Lipinski definition) is 2. The minimum absolute atomic E-state index is 0.459. The first kappa shape index (κ1) is 11.3. The molecule has 0 aliphatic rings. The van der Waals surface area contributed by atoms with E-state index in [1.807, 2.05) is 12.1 Å². The van der Waals surface area contributed by atoms with Crippen molar-refractivity contribution in [1.29, 1.82) is 0 Å². The number of alkyl halides is 1. The van der Waals surface area contributed by atoms with Crippen molar-refractivity contribution < 1.29 is 0 Å². The van der Waals surface area contributed by atoms with Crippen LogP contribution in [0.3, 0.4) is 0 Å². The Hall–Kier alpha value is -0.770. The third kappa shape index (κ3) is 3.18. The van der Waals surface area contributed by atoms with Crippen LogP contribution >= 0.6 is 15.9 Å². The third-order valence-electron chi connectivity index (χ3n) is 2.15. The Bertz CT molecular complexity index is 278. The van der Waals surface area contributed by atoms with Crippen molar-refractivity contribution in [2.45, 2.75) is 25.8 Å². The molecule has 0 saturated carbocycles. The molecule has 14 heavy (non-hydrogen) atoms. The van der Waals surface area contributed by atoms with Crippen LogP contribution in [0.1, 0.15) is 19.8 Å². The van der Waals surface area contributed by atoms with Crippen LogP contribution in [0.5, 0.6) is 0 Å². The van der Waals surface area contributed by atoms with Gasteiger partial charge in [0, 0.05) is 17.6 Å². The van der Waals surface area contributed by atoms with E-state index >= 15 is 0 Å². The average Bonchev–Trinajstić information content (AvgIpc) is 2.20. The third-order valence-corrected chi connectivity index (χ3v) is 2.61. The zero-order chi connectivity index (χ0) is 10.4. The first-order valence-electron chi connectivity index (χ1n) is 4.81. The molecule has 0 saturated heterocycles. The number of nitrogens with two attached hydrogens (primary N) is 1. The molecular weight excluding hydrogens is 242 g/mol. The molecule has 0 aliphatic carbocycles. The summed E-state index contributed by atoms with van der Waals surface area (Å²) in [5.41, 5.74) is 6.67. The predicted octanol–water partition coefficient (Wildman–Crippen LogP) is 2.64. The van der Waals surface area contributed by atoms with E-state index < -0.39 is 0 Å². The highest BCUT2D eigenvalue weighted by Gasteiger charge is 2.06. The molecule has 1 heterocycles. The molecule has 3 N–H and O–H groups in total. The zero-order valence-corrected chi connectivity index (χ0v) is 9.92. The standard InChI is InChI=1S/C10H16BrN3/c1-2-8(5-6-11)14-9-4-3-7-13-10(9)12/h3-4,7-8,14H,2,5-6H2,1H3,(H2,12,13). The van der Waals surface area contributed by atoms with Crippen LogP contribution in [0.2, 0.25) is 0 Å². The summed E-state index contributed by atoms with van der Waals surface area (Å²) in [6.07, 6.45) is 3.87. The van der Waals surface area contributed by atoms with Gasteiger partial charge in [-0.3, -0.25) is 0 Å². The van der Waals surface area contributed by atoms with Crippen LogP contribution in [0, 0.1) is 0 Å². The lowest BCUT2D eigenvalue weighted by molar-refractivity contribution is 0.679. The second-order valence-corrected chi connectivity index (χ2v) is 3.96. The van der Waals surface area contributed by atoms with Crippen LogP contribution in [-0.4, -0.2) is 16.4 Å². The van der Waals surface area contributed by atoms with Crippen LogP contribution in [0.4, 0.5) is 11.5 Å². The fourth-order valence-electron chi connectivity index (χ4n) is 1.27. The van der Waals surface area contributed by atoms with Gasteiger partial charge in [-0.2, -0.15) is 0 Å². The van der Waals surface area contributed by atoms with Gasteiger partial charge in [0.05, 0.1) is 5.69 Å². The molecule has 0 aromatic carbocycles. The second-order valence-electron chi connectivity index (χ2n) is 3.16. The lowest BCUT2D eigenvalue weighted by Gasteiger charge is -2.17. The molecule has 78 valence electrons. The molecule has 0 amide bonds. The number of pyridine rings is 1. The molecule has 1 aromatic heterocycles. The van der Waals surface area contributed by atoms with E-state index in [2.05, 4.69) is 33.2 Å². The summed E-state index contributed by atoms with van der Waals surface area (Å²) in [6.45, 7) is 2.16. The van der Waals surface area contributed by atoms with Gasteiger partial charge in [0.15, 0.2) is 0 Å². The Morgan fingerprint density at radius 1 is 1.64 bits per heavy atom. The number of nitrogens with zero attached hydrogens (tertiary/aromatic N) is 1. The summed E-state index contributed by atoms with van der Waals surface area (Å²) in [4.78, 5) is 4.03. The highest BCUT2D eigenvalue weighted by Crippen LogP contribution is 2.17. The largest absolute Gasteiger partial charge is 0.382 e. The number of halogens is 1. The number of nitrogen functional groups attached to an aromatic ring is 1. The molecule has 4 heteroatoms. The molecule has 1 rings (SSSR count). The molecule has 0 radical (unpaired) electrons. The quantitative estimate of drug-likeness (QED) is 0.798. The fraction of sp³-hybridized carbons (Fsp3) is 0.500. The minimum Gasteiger partial charge on any atom is -0.382 e. The van der Waals surface area contributed by atoms with E-state index in [0.717, 1.165) is 23.9 Å². The Balaban J connectivity index is 2.62. The first-order valence-corrected chi connectivity index (χ1v) is 5.93. The van der Waals surface area contributed by atoms with E-state index in [9.17, 15) is 0 Å². The summed E-state index contributed by atoms with van der Waals surface area (Å²) >= 11 is 3.44. The molecular formula is C10H16BrN3.